The number of piperazine rings is 1. The SMILES string of the molecule is Cc1cc(C)c2c(N)c(C(=O)NN3CC(=O)N(c4ccc(F)cc4)CC3=O)sc2n1. The minimum absolute atomic E-state index is 0.229. The van der Waals surface area contributed by atoms with Crippen molar-refractivity contribution in [1.29, 1.82) is 0 Å². The molecule has 0 spiro atoms. The molecule has 0 atom stereocenters. The number of aromatic nitrogens is 1. The van der Waals surface area contributed by atoms with Gasteiger partial charge in [0.05, 0.1) is 5.69 Å². The van der Waals surface area contributed by atoms with Gasteiger partial charge in [-0.05, 0) is 49.7 Å². The molecule has 1 aliphatic heterocycles. The number of pyridine rings is 1. The fourth-order valence-electron chi connectivity index (χ4n) is 3.39. The van der Waals surface area contributed by atoms with Gasteiger partial charge in [0.2, 0.25) is 5.91 Å². The summed E-state index contributed by atoms with van der Waals surface area (Å²) in [5.74, 6) is -1.90. The molecule has 8 nitrogen and oxygen atoms in total. The summed E-state index contributed by atoms with van der Waals surface area (Å²) in [6.45, 7) is 3.13. The number of hydrogen-bond acceptors (Lipinski definition) is 6. The number of hydrazine groups is 1. The van der Waals surface area contributed by atoms with Gasteiger partial charge in [-0.3, -0.25) is 19.8 Å². The van der Waals surface area contributed by atoms with Crippen LogP contribution in [0.15, 0.2) is 30.3 Å². The first-order valence-electron chi connectivity index (χ1n) is 9.08. The zero-order chi connectivity index (χ0) is 21.6. The van der Waals surface area contributed by atoms with Crippen LogP contribution in [0, 0.1) is 19.7 Å². The van der Waals surface area contributed by atoms with Gasteiger partial charge in [-0.15, -0.1) is 11.3 Å². The summed E-state index contributed by atoms with van der Waals surface area (Å²) in [5.41, 5.74) is 11.1. The van der Waals surface area contributed by atoms with Crippen LogP contribution in [0.25, 0.3) is 10.2 Å². The first-order valence-corrected chi connectivity index (χ1v) is 9.89. The van der Waals surface area contributed by atoms with E-state index in [-0.39, 0.29) is 18.0 Å². The Bertz CT molecular complexity index is 1190. The van der Waals surface area contributed by atoms with Gasteiger partial charge in [0, 0.05) is 16.8 Å². The normalized spacial score (nSPS) is 14.5. The summed E-state index contributed by atoms with van der Waals surface area (Å²) in [6.07, 6.45) is 0. The number of carbonyl (C=O) groups excluding carboxylic acids is 3. The van der Waals surface area contributed by atoms with Gasteiger partial charge in [0.15, 0.2) is 0 Å². The number of benzene rings is 1. The van der Waals surface area contributed by atoms with Crippen molar-refractivity contribution < 1.29 is 18.8 Å². The minimum atomic E-state index is -0.580. The second-order valence-corrected chi connectivity index (χ2v) is 7.98. The number of carbonyl (C=O) groups is 3. The number of nitrogen functional groups attached to an aromatic ring is 1. The average molecular weight is 427 g/mol. The van der Waals surface area contributed by atoms with Gasteiger partial charge in [-0.1, -0.05) is 0 Å². The van der Waals surface area contributed by atoms with Crippen LogP contribution in [0.2, 0.25) is 0 Å². The molecule has 1 aromatic carbocycles. The van der Waals surface area contributed by atoms with Crippen molar-refractivity contribution >= 4 is 50.6 Å². The number of anilines is 2. The first kappa shape index (κ1) is 19.8. The molecule has 30 heavy (non-hydrogen) atoms. The third-order valence-corrected chi connectivity index (χ3v) is 5.89. The number of hydrogen-bond donors (Lipinski definition) is 2. The van der Waals surface area contributed by atoms with Crippen LogP contribution in [0.3, 0.4) is 0 Å². The van der Waals surface area contributed by atoms with E-state index in [0.29, 0.717) is 21.6 Å². The van der Waals surface area contributed by atoms with Crippen molar-refractivity contribution in [2.24, 2.45) is 0 Å². The van der Waals surface area contributed by atoms with E-state index >= 15 is 0 Å². The minimum Gasteiger partial charge on any atom is -0.397 e. The molecular formula is C20H18FN5O3S. The average Bonchev–Trinajstić information content (AvgIpc) is 3.02. The predicted molar refractivity (Wildman–Crippen MR) is 111 cm³/mol. The molecular weight excluding hydrogens is 409 g/mol. The Hall–Kier alpha value is -3.53. The van der Waals surface area contributed by atoms with Gasteiger partial charge in [-0.2, -0.15) is 0 Å². The van der Waals surface area contributed by atoms with Gasteiger partial charge in [0.25, 0.3) is 11.8 Å². The second kappa shape index (κ2) is 7.38. The number of rotatable bonds is 3. The van der Waals surface area contributed by atoms with Gasteiger partial charge in [-0.25, -0.2) is 14.4 Å². The fourth-order valence-corrected chi connectivity index (χ4v) is 4.49. The molecule has 1 aliphatic rings. The van der Waals surface area contributed by atoms with E-state index in [4.69, 9.17) is 5.73 Å². The maximum Gasteiger partial charge on any atom is 0.282 e. The van der Waals surface area contributed by atoms with Crippen LogP contribution in [0.5, 0.6) is 0 Å². The molecule has 0 aliphatic carbocycles. The smallest absolute Gasteiger partial charge is 0.282 e. The molecule has 4 rings (SSSR count). The largest absolute Gasteiger partial charge is 0.397 e. The summed E-state index contributed by atoms with van der Waals surface area (Å²) in [5, 5.41) is 1.68. The van der Waals surface area contributed by atoms with Crippen molar-refractivity contribution in [2.75, 3.05) is 23.7 Å². The molecule has 10 heteroatoms. The molecule has 2 aromatic heterocycles. The molecule has 154 valence electrons. The van der Waals surface area contributed by atoms with Crippen molar-refractivity contribution in [2.45, 2.75) is 13.8 Å². The highest BCUT2D eigenvalue weighted by Gasteiger charge is 2.33. The number of nitrogens with two attached hydrogens (primary N) is 1. The Balaban J connectivity index is 1.53. The maximum atomic E-state index is 13.1. The van der Waals surface area contributed by atoms with E-state index in [1.807, 2.05) is 19.9 Å². The molecule has 0 bridgehead atoms. The van der Waals surface area contributed by atoms with Crippen LogP contribution in [-0.4, -0.2) is 40.8 Å². The standard InChI is InChI=1S/C20H18FN5O3S/c1-10-7-11(2)23-20-16(10)17(22)18(30-20)19(29)24-26-9-14(27)25(8-15(26)28)13-5-3-12(21)4-6-13/h3-7H,8-9,22H2,1-2H3,(H,24,29). The quantitative estimate of drug-likeness (QED) is 0.666. The molecule has 3 amide bonds. The van der Waals surface area contributed by atoms with Crippen molar-refractivity contribution in [3.8, 4) is 0 Å². The number of amides is 3. The topological polar surface area (TPSA) is 109 Å². The summed E-state index contributed by atoms with van der Waals surface area (Å²) in [6, 6.07) is 7.14. The van der Waals surface area contributed by atoms with E-state index in [1.165, 1.54) is 29.2 Å². The highest BCUT2D eigenvalue weighted by Crippen LogP contribution is 2.35. The Labute approximate surface area is 175 Å². The Kier molecular flexibility index (Phi) is 4.86. The molecule has 3 heterocycles. The van der Waals surface area contributed by atoms with Crippen molar-refractivity contribution in [3.05, 3.63) is 52.3 Å². The fraction of sp³-hybridized carbons (Fsp3) is 0.200. The van der Waals surface area contributed by atoms with E-state index in [9.17, 15) is 18.8 Å². The van der Waals surface area contributed by atoms with Crippen LogP contribution in [0.1, 0.15) is 20.9 Å². The zero-order valence-corrected chi connectivity index (χ0v) is 17.0. The zero-order valence-electron chi connectivity index (χ0n) is 16.2. The number of aryl methyl sites for hydroxylation is 2. The Morgan fingerprint density at radius 2 is 1.87 bits per heavy atom. The predicted octanol–water partition coefficient (Wildman–Crippen LogP) is 2.15. The van der Waals surface area contributed by atoms with Crippen LogP contribution in [0.4, 0.5) is 15.8 Å². The lowest BCUT2D eigenvalue weighted by molar-refractivity contribution is -0.140. The molecule has 3 aromatic rings. The number of fused-ring (bicyclic) bond motifs is 1. The molecule has 0 saturated carbocycles. The van der Waals surface area contributed by atoms with E-state index in [1.54, 1.807) is 0 Å². The van der Waals surface area contributed by atoms with Crippen molar-refractivity contribution in [3.63, 3.8) is 0 Å². The molecule has 1 saturated heterocycles. The lowest BCUT2D eigenvalue weighted by Gasteiger charge is -2.33. The number of thiophene rings is 1. The number of nitrogens with zero attached hydrogens (tertiary/aromatic N) is 3. The van der Waals surface area contributed by atoms with E-state index < -0.39 is 23.5 Å². The van der Waals surface area contributed by atoms with Gasteiger partial charge < -0.3 is 10.6 Å². The number of halogens is 1. The van der Waals surface area contributed by atoms with Crippen LogP contribution < -0.4 is 16.1 Å². The second-order valence-electron chi connectivity index (χ2n) is 6.98. The van der Waals surface area contributed by atoms with Crippen molar-refractivity contribution in [1.82, 2.24) is 15.4 Å². The van der Waals surface area contributed by atoms with Gasteiger partial charge in [0.1, 0.15) is 28.6 Å². The summed E-state index contributed by atoms with van der Waals surface area (Å²) < 4.78 is 13.1. The molecule has 1 fully saturated rings. The van der Waals surface area contributed by atoms with Gasteiger partial charge >= 0.3 is 0 Å². The third kappa shape index (κ3) is 3.45. The molecule has 3 N–H and O–H groups in total. The summed E-state index contributed by atoms with van der Waals surface area (Å²) >= 11 is 1.13. The lowest BCUT2D eigenvalue weighted by atomic mass is 10.1. The lowest BCUT2D eigenvalue weighted by Crippen LogP contribution is -2.59. The van der Waals surface area contributed by atoms with Crippen LogP contribution >= 0.6 is 11.3 Å². The summed E-state index contributed by atoms with van der Waals surface area (Å²) in [4.78, 5) is 44.3. The summed E-state index contributed by atoms with van der Waals surface area (Å²) in [7, 11) is 0. The number of nitrogens with one attached hydrogen (secondary N) is 1. The monoisotopic (exact) mass is 427 g/mol. The van der Waals surface area contributed by atoms with E-state index in [0.717, 1.165) is 27.6 Å². The molecule has 0 unspecified atom stereocenters. The maximum absolute atomic E-state index is 13.1. The van der Waals surface area contributed by atoms with E-state index in [2.05, 4.69) is 10.4 Å². The first-order chi connectivity index (χ1) is 14.2. The van der Waals surface area contributed by atoms with Crippen LogP contribution in [-0.2, 0) is 9.59 Å². The Morgan fingerprint density at radius 3 is 2.57 bits per heavy atom. The molecule has 0 radical (unpaired) electrons. The highest BCUT2D eigenvalue weighted by molar-refractivity contribution is 7.21. The highest BCUT2D eigenvalue weighted by atomic mass is 32.1. The third-order valence-electron chi connectivity index (χ3n) is 4.79. The Morgan fingerprint density at radius 1 is 1.17 bits per heavy atom.